The lowest BCUT2D eigenvalue weighted by Gasteiger charge is -2.21. The Bertz CT molecular complexity index is 535. The first-order chi connectivity index (χ1) is 8.79. The van der Waals surface area contributed by atoms with Gasteiger partial charge in [0.05, 0.1) is 11.6 Å². The summed E-state index contributed by atoms with van der Waals surface area (Å²) < 4.78 is 2.11. The summed E-state index contributed by atoms with van der Waals surface area (Å²) in [5.74, 6) is 1.59. The third-order valence-electron chi connectivity index (χ3n) is 3.49. The molecule has 6 heteroatoms. The molecule has 4 nitrogen and oxygen atoms in total. The van der Waals surface area contributed by atoms with Gasteiger partial charge in [0.25, 0.3) is 0 Å². The normalized spacial score (nSPS) is 18.4. The van der Waals surface area contributed by atoms with Gasteiger partial charge in [-0.15, -0.1) is 22.9 Å². The predicted octanol–water partition coefficient (Wildman–Crippen LogP) is 2.28. The minimum absolute atomic E-state index is 0.513. The van der Waals surface area contributed by atoms with Crippen molar-refractivity contribution in [2.75, 3.05) is 38.1 Å². The number of likely N-dealkylation sites (N-methyl/N-ethyl adjacent to an activating group) is 1. The van der Waals surface area contributed by atoms with Crippen LogP contribution in [0.1, 0.15) is 12.1 Å². The van der Waals surface area contributed by atoms with Crippen LogP contribution >= 0.6 is 22.9 Å². The van der Waals surface area contributed by atoms with Crippen molar-refractivity contribution in [1.29, 1.82) is 0 Å². The third-order valence-corrected chi connectivity index (χ3v) is 4.50. The predicted molar refractivity (Wildman–Crippen MR) is 77.0 cm³/mol. The molecule has 1 fully saturated rings. The molecule has 2 aromatic heterocycles. The highest BCUT2D eigenvalue weighted by Crippen LogP contribution is 2.26. The average Bonchev–Trinajstić information content (AvgIpc) is 2.86. The minimum atomic E-state index is 0.513. The van der Waals surface area contributed by atoms with Gasteiger partial charge in [0, 0.05) is 31.2 Å². The van der Waals surface area contributed by atoms with Gasteiger partial charge < -0.3 is 9.80 Å². The number of hydrogen-bond acceptors (Lipinski definition) is 4. The van der Waals surface area contributed by atoms with Crippen LogP contribution in [0.25, 0.3) is 4.96 Å². The molecule has 0 atom stereocenters. The molecule has 18 heavy (non-hydrogen) atoms. The zero-order valence-corrected chi connectivity index (χ0v) is 12.0. The van der Waals surface area contributed by atoms with Gasteiger partial charge >= 0.3 is 0 Å². The zero-order valence-electron chi connectivity index (χ0n) is 10.5. The van der Waals surface area contributed by atoms with E-state index in [4.69, 9.17) is 16.6 Å². The number of hydrogen-bond donors (Lipinski definition) is 0. The lowest BCUT2D eigenvalue weighted by Crippen LogP contribution is -2.29. The van der Waals surface area contributed by atoms with Gasteiger partial charge in [-0.2, -0.15) is 0 Å². The third kappa shape index (κ3) is 2.11. The Kier molecular flexibility index (Phi) is 3.46. The van der Waals surface area contributed by atoms with Crippen LogP contribution in [-0.2, 0) is 5.88 Å². The molecule has 98 valence electrons. The molecule has 0 unspecified atom stereocenters. The summed E-state index contributed by atoms with van der Waals surface area (Å²) in [7, 11) is 2.18. The maximum atomic E-state index is 6.10. The number of thiazole rings is 1. The largest absolute Gasteiger partial charge is 0.354 e. The number of nitrogens with zero attached hydrogens (tertiary/aromatic N) is 4. The van der Waals surface area contributed by atoms with Gasteiger partial charge in [-0.1, -0.05) is 0 Å². The van der Waals surface area contributed by atoms with Crippen molar-refractivity contribution in [2.45, 2.75) is 12.3 Å². The lowest BCUT2D eigenvalue weighted by molar-refractivity contribution is 0.360. The quantitative estimate of drug-likeness (QED) is 0.791. The molecule has 1 aliphatic heterocycles. The Labute approximate surface area is 116 Å². The molecule has 0 bridgehead atoms. The van der Waals surface area contributed by atoms with Gasteiger partial charge in [0.2, 0.25) is 0 Å². The molecule has 0 radical (unpaired) electrons. The molecular formula is C12H17ClN4S. The standard InChI is InChI=1S/C12H17ClN4S/c1-15-3-2-4-16(6-5-15)11-10(9-13)17-7-8-18-12(17)14-11/h7-8H,2-6,9H2,1H3. The topological polar surface area (TPSA) is 23.8 Å². The molecule has 2 aromatic rings. The first kappa shape index (κ1) is 12.3. The van der Waals surface area contributed by atoms with E-state index in [0.717, 1.165) is 42.7 Å². The fourth-order valence-electron chi connectivity index (χ4n) is 2.46. The highest BCUT2D eigenvalue weighted by atomic mass is 35.5. The summed E-state index contributed by atoms with van der Waals surface area (Å²) >= 11 is 7.77. The fraction of sp³-hybridized carbons (Fsp3) is 0.583. The van der Waals surface area contributed by atoms with Gasteiger partial charge in [0.15, 0.2) is 10.8 Å². The Hall–Kier alpha value is -0.780. The molecule has 0 spiro atoms. The van der Waals surface area contributed by atoms with E-state index in [1.54, 1.807) is 11.3 Å². The van der Waals surface area contributed by atoms with Crippen LogP contribution in [0.15, 0.2) is 11.6 Å². The van der Waals surface area contributed by atoms with Crippen molar-refractivity contribution < 1.29 is 0 Å². The van der Waals surface area contributed by atoms with Crippen LogP contribution in [0, 0.1) is 0 Å². The molecule has 1 saturated heterocycles. The van der Waals surface area contributed by atoms with Crippen LogP contribution < -0.4 is 4.90 Å². The minimum Gasteiger partial charge on any atom is -0.354 e. The van der Waals surface area contributed by atoms with Crippen LogP contribution in [0.5, 0.6) is 0 Å². The first-order valence-electron chi connectivity index (χ1n) is 6.23. The van der Waals surface area contributed by atoms with E-state index in [9.17, 15) is 0 Å². The summed E-state index contributed by atoms with van der Waals surface area (Å²) in [6.45, 7) is 4.35. The average molecular weight is 285 g/mol. The van der Waals surface area contributed by atoms with Gasteiger partial charge in [-0.3, -0.25) is 4.40 Å². The molecule has 1 aliphatic rings. The lowest BCUT2D eigenvalue weighted by atomic mass is 10.3. The number of aromatic nitrogens is 2. The summed E-state index contributed by atoms with van der Waals surface area (Å²) in [4.78, 5) is 10.5. The number of anilines is 1. The molecule has 0 aromatic carbocycles. The van der Waals surface area contributed by atoms with Gasteiger partial charge in [-0.25, -0.2) is 4.98 Å². The van der Waals surface area contributed by atoms with Crippen LogP contribution in [0.2, 0.25) is 0 Å². The first-order valence-corrected chi connectivity index (χ1v) is 7.65. The fourth-order valence-corrected chi connectivity index (χ4v) is 3.43. The highest BCUT2D eigenvalue weighted by Gasteiger charge is 2.20. The van der Waals surface area contributed by atoms with E-state index < -0.39 is 0 Å². The molecule has 0 aliphatic carbocycles. The second-order valence-corrected chi connectivity index (χ2v) is 5.86. The maximum absolute atomic E-state index is 6.10. The number of fused-ring (bicyclic) bond motifs is 1. The Balaban J connectivity index is 1.94. The van der Waals surface area contributed by atoms with Crippen LogP contribution in [-0.4, -0.2) is 47.5 Å². The van der Waals surface area contributed by atoms with Crippen molar-refractivity contribution in [3.05, 3.63) is 17.3 Å². The van der Waals surface area contributed by atoms with E-state index in [1.165, 1.54) is 6.42 Å². The van der Waals surface area contributed by atoms with Crippen LogP contribution in [0.3, 0.4) is 0 Å². The summed E-state index contributed by atoms with van der Waals surface area (Å²) in [6, 6.07) is 0. The monoisotopic (exact) mass is 284 g/mol. The summed E-state index contributed by atoms with van der Waals surface area (Å²) in [6.07, 6.45) is 3.24. The number of imidazole rings is 1. The van der Waals surface area contributed by atoms with Gasteiger partial charge in [0.1, 0.15) is 0 Å². The molecule has 0 amide bonds. The van der Waals surface area contributed by atoms with E-state index in [1.807, 2.05) is 0 Å². The molecule has 0 N–H and O–H groups in total. The molecule has 3 heterocycles. The second-order valence-electron chi connectivity index (χ2n) is 4.72. The highest BCUT2D eigenvalue weighted by molar-refractivity contribution is 7.15. The Morgan fingerprint density at radius 2 is 2.22 bits per heavy atom. The number of rotatable bonds is 2. The Morgan fingerprint density at radius 3 is 3.06 bits per heavy atom. The SMILES string of the molecule is CN1CCCN(c2nc3sccn3c2CCl)CC1. The van der Waals surface area contributed by atoms with E-state index in [2.05, 4.69) is 32.8 Å². The van der Waals surface area contributed by atoms with Gasteiger partial charge in [-0.05, 0) is 20.0 Å². The van der Waals surface area contributed by atoms with Crippen molar-refractivity contribution in [3.8, 4) is 0 Å². The summed E-state index contributed by atoms with van der Waals surface area (Å²) in [5, 5.41) is 2.05. The van der Waals surface area contributed by atoms with Crippen molar-refractivity contribution >= 4 is 33.7 Å². The molecule has 3 rings (SSSR count). The molecule has 0 saturated carbocycles. The molecular weight excluding hydrogens is 268 g/mol. The van der Waals surface area contributed by atoms with Crippen molar-refractivity contribution in [2.24, 2.45) is 0 Å². The number of halogens is 1. The van der Waals surface area contributed by atoms with E-state index in [0.29, 0.717) is 5.88 Å². The van der Waals surface area contributed by atoms with Crippen molar-refractivity contribution in [1.82, 2.24) is 14.3 Å². The Morgan fingerprint density at radius 1 is 1.33 bits per heavy atom. The van der Waals surface area contributed by atoms with E-state index >= 15 is 0 Å². The van der Waals surface area contributed by atoms with Crippen LogP contribution in [0.4, 0.5) is 5.82 Å². The van der Waals surface area contributed by atoms with E-state index in [-0.39, 0.29) is 0 Å². The zero-order chi connectivity index (χ0) is 12.5. The number of alkyl halides is 1. The summed E-state index contributed by atoms with van der Waals surface area (Å²) in [5.41, 5.74) is 1.12. The maximum Gasteiger partial charge on any atom is 0.195 e. The van der Waals surface area contributed by atoms with Crippen molar-refractivity contribution in [3.63, 3.8) is 0 Å². The second kappa shape index (κ2) is 5.07. The smallest absolute Gasteiger partial charge is 0.195 e.